The number of benzene rings is 1. The van der Waals surface area contributed by atoms with Crippen LogP contribution in [0.5, 0.6) is 0 Å². The van der Waals surface area contributed by atoms with Crippen molar-refractivity contribution in [3.05, 3.63) is 41.0 Å². The van der Waals surface area contributed by atoms with Gasteiger partial charge >= 0.3 is 0 Å². The van der Waals surface area contributed by atoms with Gasteiger partial charge < -0.3 is 0 Å². The second-order valence-electron chi connectivity index (χ2n) is 3.34. The van der Waals surface area contributed by atoms with E-state index in [1.165, 1.54) is 16.0 Å². The maximum absolute atomic E-state index is 5.26. The number of terminal acetylenes is 1. The number of aryl methyl sites for hydroxylation is 1. The molecule has 1 nitrogen and oxygen atoms in total. The van der Waals surface area contributed by atoms with Crippen molar-refractivity contribution in [2.75, 3.05) is 0 Å². The summed E-state index contributed by atoms with van der Waals surface area (Å²) in [5.41, 5.74) is 5.36. The summed E-state index contributed by atoms with van der Waals surface area (Å²) in [6.45, 7) is 2.03. The molecular weight excluding hydrogens is 202 g/mol. The highest BCUT2D eigenvalue weighted by atomic mass is 32.1. The molecule has 2 rings (SSSR count). The van der Waals surface area contributed by atoms with E-state index >= 15 is 0 Å². The maximum atomic E-state index is 5.26. The van der Waals surface area contributed by atoms with Crippen molar-refractivity contribution in [2.45, 2.75) is 13.3 Å². The third-order valence-electron chi connectivity index (χ3n) is 2.27. The number of thiazole rings is 1. The first-order valence-corrected chi connectivity index (χ1v) is 5.62. The highest BCUT2D eigenvalue weighted by Crippen LogP contribution is 2.27. The molecule has 1 aromatic carbocycles. The smallest absolute Gasteiger partial charge is 0.0801 e. The van der Waals surface area contributed by atoms with Crippen LogP contribution in [0.2, 0.25) is 0 Å². The molecule has 0 aliphatic heterocycles. The van der Waals surface area contributed by atoms with E-state index in [0.29, 0.717) is 6.42 Å². The molecule has 0 spiro atoms. The summed E-state index contributed by atoms with van der Waals surface area (Å²) in [6.07, 6.45) is 5.96. The van der Waals surface area contributed by atoms with Crippen molar-refractivity contribution < 1.29 is 0 Å². The lowest BCUT2D eigenvalue weighted by atomic mass is 10.1. The van der Waals surface area contributed by atoms with E-state index in [4.69, 9.17) is 6.42 Å². The van der Waals surface area contributed by atoms with E-state index in [0.717, 1.165) is 5.69 Å². The lowest BCUT2D eigenvalue weighted by Gasteiger charge is -2.00. The Balaban J connectivity index is 2.33. The molecule has 74 valence electrons. The lowest BCUT2D eigenvalue weighted by Crippen LogP contribution is -1.82. The van der Waals surface area contributed by atoms with E-state index in [2.05, 4.69) is 35.2 Å². The average Bonchev–Trinajstić information content (AvgIpc) is 2.66. The average molecular weight is 213 g/mol. The molecule has 15 heavy (non-hydrogen) atoms. The fourth-order valence-electron chi connectivity index (χ4n) is 1.47. The number of aromatic nitrogens is 1. The van der Waals surface area contributed by atoms with Crippen LogP contribution in [0.25, 0.3) is 10.4 Å². The lowest BCUT2D eigenvalue weighted by molar-refractivity contribution is 1.26. The van der Waals surface area contributed by atoms with Gasteiger partial charge in [0.2, 0.25) is 0 Å². The Morgan fingerprint density at radius 2 is 2.07 bits per heavy atom. The zero-order chi connectivity index (χ0) is 10.7. The van der Waals surface area contributed by atoms with Crippen LogP contribution >= 0.6 is 11.3 Å². The number of hydrogen-bond donors (Lipinski definition) is 0. The largest absolute Gasteiger partial charge is 0.249 e. The van der Waals surface area contributed by atoms with Gasteiger partial charge in [-0.3, -0.25) is 0 Å². The fourth-order valence-corrected chi connectivity index (χ4v) is 2.28. The molecule has 1 aromatic heterocycles. The van der Waals surface area contributed by atoms with Crippen LogP contribution in [0.15, 0.2) is 29.8 Å². The number of rotatable bonds is 2. The predicted molar refractivity (Wildman–Crippen MR) is 64.8 cm³/mol. The Labute approximate surface area is 93.8 Å². The second-order valence-corrected chi connectivity index (χ2v) is 4.20. The molecule has 0 radical (unpaired) electrons. The molecular formula is C13H11NS. The molecule has 0 saturated carbocycles. The zero-order valence-electron chi connectivity index (χ0n) is 8.53. The van der Waals surface area contributed by atoms with E-state index < -0.39 is 0 Å². The third kappa shape index (κ3) is 2.08. The standard InChI is InChI=1S/C13H11NS/c1-3-4-11-5-7-12(8-6-11)13-10(2)14-9-15-13/h1,5-9H,4H2,2H3. The predicted octanol–water partition coefficient (Wildman–Crippen LogP) is 3.29. The van der Waals surface area contributed by atoms with Gasteiger partial charge in [-0.05, 0) is 18.1 Å². The van der Waals surface area contributed by atoms with Gasteiger partial charge in [0.05, 0.1) is 16.1 Å². The first-order chi connectivity index (χ1) is 7.31. The molecule has 0 aliphatic rings. The van der Waals surface area contributed by atoms with Crippen LogP contribution in [0, 0.1) is 19.3 Å². The van der Waals surface area contributed by atoms with Crippen molar-refractivity contribution >= 4 is 11.3 Å². The van der Waals surface area contributed by atoms with Crippen LogP contribution in [0.4, 0.5) is 0 Å². The van der Waals surface area contributed by atoms with Gasteiger partial charge in [0.1, 0.15) is 0 Å². The molecule has 0 atom stereocenters. The normalized spacial score (nSPS) is 9.87. The molecule has 0 amide bonds. The SMILES string of the molecule is C#CCc1ccc(-c2scnc2C)cc1. The minimum absolute atomic E-state index is 0.696. The summed E-state index contributed by atoms with van der Waals surface area (Å²) < 4.78 is 0. The van der Waals surface area contributed by atoms with Crippen molar-refractivity contribution in [3.8, 4) is 22.8 Å². The van der Waals surface area contributed by atoms with Gasteiger partial charge in [-0.1, -0.05) is 24.3 Å². The molecule has 2 heteroatoms. The summed E-state index contributed by atoms with van der Waals surface area (Å²) in [5, 5.41) is 0. The minimum atomic E-state index is 0.696. The summed E-state index contributed by atoms with van der Waals surface area (Å²) in [7, 11) is 0. The van der Waals surface area contributed by atoms with Crippen LogP contribution in [-0.2, 0) is 6.42 Å². The maximum Gasteiger partial charge on any atom is 0.0801 e. The Morgan fingerprint density at radius 3 is 2.60 bits per heavy atom. The second kappa shape index (κ2) is 4.29. The summed E-state index contributed by atoms with van der Waals surface area (Å²) in [6, 6.07) is 8.36. The van der Waals surface area contributed by atoms with E-state index in [-0.39, 0.29) is 0 Å². The molecule has 0 unspecified atom stereocenters. The van der Waals surface area contributed by atoms with Crippen LogP contribution in [0.1, 0.15) is 11.3 Å². The van der Waals surface area contributed by atoms with Gasteiger partial charge in [-0.15, -0.1) is 23.7 Å². The van der Waals surface area contributed by atoms with E-state index in [1.807, 2.05) is 12.4 Å². The van der Waals surface area contributed by atoms with Crippen molar-refractivity contribution in [2.24, 2.45) is 0 Å². The Kier molecular flexibility index (Phi) is 2.84. The van der Waals surface area contributed by atoms with E-state index in [9.17, 15) is 0 Å². The van der Waals surface area contributed by atoms with Gasteiger partial charge in [0, 0.05) is 6.42 Å². The number of nitrogens with zero attached hydrogens (tertiary/aromatic N) is 1. The van der Waals surface area contributed by atoms with Crippen LogP contribution in [-0.4, -0.2) is 4.98 Å². The molecule has 0 saturated heterocycles. The summed E-state index contributed by atoms with van der Waals surface area (Å²) in [4.78, 5) is 5.48. The number of hydrogen-bond acceptors (Lipinski definition) is 2. The Hall–Kier alpha value is -1.59. The zero-order valence-corrected chi connectivity index (χ0v) is 9.34. The molecule has 2 aromatic rings. The van der Waals surface area contributed by atoms with Gasteiger partial charge in [-0.25, -0.2) is 4.98 Å². The third-order valence-corrected chi connectivity index (χ3v) is 3.25. The van der Waals surface area contributed by atoms with Crippen molar-refractivity contribution in [1.29, 1.82) is 0 Å². The first-order valence-electron chi connectivity index (χ1n) is 4.74. The first kappa shape index (κ1) is 9.95. The van der Waals surface area contributed by atoms with Gasteiger partial charge in [-0.2, -0.15) is 0 Å². The quantitative estimate of drug-likeness (QED) is 0.697. The molecule has 0 fully saturated rings. The molecule has 1 heterocycles. The minimum Gasteiger partial charge on any atom is -0.249 e. The molecule has 0 aliphatic carbocycles. The topological polar surface area (TPSA) is 12.9 Å². The summed E-state index contributed by atoms with van der Waals surface area (Å²) in [5.74, 6) is 2.64. The highest BCUT2D eigenvalue weighted by Gasteiger charge is 2.03. The van der Waals surface area contributed by atoms with Crippen molar-refractivity contribution in [1.82, 2.24) is 4.98 Å². The Bertz CT molecular complexity index is 488. The summed E-state index contributed by atoms with van der Waals surface area (Å²) >= 11 is 1.67. The Morgan fingerprint density at radius 1 is 1.33 bits per heavy atom. The molecule has 0 bridgehead atoms. The van der Waals surface area contributed by atoms with E-state index in [1.54, 1.807) is 11.3 Å². The van der Waals surface area contributed by atoms with Crippen LogP contribution in [0.3, 0.4) is 0 Å². The monoisotopic (exact) mass is 213 g/mol. The van der Waals surface area contributed by atoms with Gasteiger partial charge in [0.15, 0.2) is 0 Å². The van der Waals surface area contributed by atoms with Crippen molar-refractivity contribution in [3.63, 3.8) is 0 Å². The molecule has 0 N–H and O–H groups in total. The van der Waals surface area contributed by atoms with Gasteiger partial charge in [0.25, 0.3) is 0 Å². The fraction of sp³-hybridized carbons (Fsp3) is 0.154. The highest BCUT2D eigenvalue weighted by molar-refractivity contribution is 7.13. The van der Waals surface area contributed by atoms with Crippen LogP contribution < -0.4 is 0 Å².